The van der Waals surface area contributed by atoms with Crippen LogP contribution in [0.5, 0.6) is 0 Å². The topological polar surface area (TPSA) is 62.9 Å². The van der Waals surface area contributed by atoms with Crippen molar-refractivity contribution in [1.29, 1.82) is 0 Å². The summed E-state index contributed by atoms with van der Waals surface area (Å²) in [7, 11) is 1.98. The van der Waals surface area contributed by atoms with Gasteiger partial charge in [0.1, 0.15) is 0 Å². The fourth-order valence-corrected chi connectivity index (χ4v) is 3.42. The molecule has 2 aliphatic rings. The zero-order chi connectivity index (χ0) is 17.0. The third kappa shape index (κ3) is 4.02. The molecule has 24 heavy (non-hydrogen) atoms. The lowest BCUT2D eigenvalue weighted by atomic mass is 9.91. The number of carbonyl (C=O) groups excluding carboxylic acids is 1. The highest BCUT2D eigenvalue weighted by Gasteiger charge is 2.39. The van der Waals surface area contributed by atoms with Gasteiger partial charge in [-0.3, -0.25) is 9.48 Å². The van der Waals surface area contributed by atoms with Gasteiger partial charge in [-0.1, -0.05) is 0 Å². The van der Waals surface area contributed by atoms with Crippen LogP contribution in [0.4, 0.5) is 0 Å². The van der Waals surface area contributed by atoms with Crippen LogP contribution >= 0.6 is 0 Å². The van der Waals surface area contributed by atoms with Crippen LogP contribution in [0.3, 0.4) is 0 Å². The molecule has 0 spiro atoms. The molecule has 6 nitrogen and oxygen atoms in total. The summed E-state index contributed by atoms with van der Waals surface area (Å²) in [5.74, 6) is 3.49. The first-order valence-corrected chi connectivity index (χ1v) is 8.74. The van der Waals surface area contributed by atoms with Crippen LogP contribution in [0.2, 0.25) is 0 Å². The van der Waals surface area contributed by atoms with Crippen molar-refractivity contribution < 1.29 is 4.79 Å². The molecule has 1 aromatic heterocycles. The summed E-state index contributed by atoms with van der Waals surface area (Å²) in [5, 5.41) is 12.4. The number of piperidine rings is 1. The Kier molecular flexibility index (Phi) is 4.98. The van der Waals surface area contributed by atoms with Gasteiger partial charge in [-0.25, -0.2) is 0 Å². The van der Waals surface area contributed by atoms with Crippen LogP contribution in [-0.4, -0.2) is 39.3 Å². The zero-order valence-electron chi connectivity index (χ0n) is 14.3. The van der Waals surface area contributed by atoms with E-state index in [9.17, 15) is 4.79 Å². The Bertz CT molecular complexity index is 643. The lowest BCUT2D eigenvalue weighted by Gasteiger charge is -2.32. The zero-order valence-corrected chi connectivity index (χ0v) is 14.3. The lowest BCUT2D eigenvalue weighted by molar-refractivity contribution is -0.132. The molecule has 0 aliphatic carbocycles. The molecule has 128 valence electrons. The number of likely N-dealkylation sites (tertiary alicyclic amines) is 1. The van der Waals surface area contributed by atoms with Gasteiger partial charge in [0.05, 0.1) is 0 Å². The molecule has 0 bridgehead atoms. The smallest absolute Gasteiger partial charge is 0.222 e. The van der Waals surface area contributed by atoms with Crippen LogP contribution in [0.25, 0.3) is 0 Å². The second kappa shape index (κ2) is 7.16. The minimum absolute atomic E-state index is 0.228. The van der Waals surface area contributed by atoms with E-state index in [0.29, 0.717) is 25.2 Å². The van der Waals surface area contributed by atoms with E-state index in [1.54, 1.807) is 0 Å². The van der Waals surface area contributed by atoms with Gasteiger partial charge in [-0.2, -0.15) is 15.3 Å². The van der Waals surface area contributed by atoms with E-state index in [-0.39, 0.29) is 11.6 Å². The molecule has 2 aliphatic heterocycles. The third-order valence-corrected chi connectivity index (χ3v) is 5.18. The second-order valence-electron chi connectivity index (χ2n) is 6.86. The van der Waals surface area contributed by atoms with E-state index in [4.69, 9.17) is 6.42 Å². The molecule has 6 heteroatoms. The number of terminal acetylenes is 1. The molecule has 1 saturated heterocycles. The molecule has 0 aromatic carbocycles. The Labute approximate surface area is 143 Å². The van der Waals surface area contributed by atoms with E-state index in [2.05, 4.69) is 27.3 Å². The molecule has 1 aromatic rings. The first-order chi connectivity index (χ1) is 11.6. The van der Waals surface area contributed by atoms with Crippen LogP contribution in [0.1, 0.15) is 44.2 Å². The Hall–Kier alpha value is -2.16. The van der Waals surface area contributed by atoms with Gasteiger partial charge in [-0.05, 0) is 31.2 Å². The van der Waals surface area contributed by atoms with Gasteiger partial charge < -0.3 is 4.90 Å². The van der Waals surface area contributed by atoms with E-state index in [1.807, 2.05) is 22.8 Å². The van der Waals surface area contributed by atoms with Gasteiger partial charge in [0.25, 0.3) is 0 Å². The maximum absolute atomic E-state index is 12.4. The fraction of sp³-hybridized carbons (Fsp3) is 0.667. The maximum Gasteiger partial charge on any atom is 0.222 e. The van der Waals surface area contributed by atoms with Crippen LogP contribution in [0.15, 0.2) is 22.5 Å². The number of hydrogen-bond acceptors (Lipinski definition) is 4. The number of aryl methyl sites for hydroxylation is 1. The summed E-state index contributed by atoms with van der Waals surface area (Å²) in [6.45, 7) is 1.71. The van der Waals surface area contributed by atoms with Crippen molar-refractivity contribution in [3.63, 3.8) is 0 Å². The van der Waals surface area contributed by atoms with E-state index in [1.165, 1.54) is 5.69 Å². The third-order valence-electron chi connectivity index (χ3n) is 5.18. The molecule has 1 amide bonds. The number of aromatic nitrogens is 2. The van der Waals surface area contributed by atoms with Gasteiger partial charge in [0.15, 0.2) is 5.66 Å². The second-order valence-corrected chi connectivity index (χ2v) is 6.86. The predicted octanol–water partition coefficient (Wildman–Crippen LogP) is 2.56. The molecule has 3 heterocycles. The molecule has 0 atom stereocenters. The Morgan fingerprint density at radius 3 is 2.71 bits per heavy atom. The molecule has 0 N–H and O–H groups in total. The van der Waals surface area contributed by atoms with Crippen molar-refractivity contribution in [2.24, 2.45) is 23.2 Å². The number of nitrogens with zero attached hydrogens (tertiary/aromatic N) is 5. The summed E-state index contributed by atoms with van der Waals surface area (Å²) in [4.78, 5) is 14.4. The Morgan fingerprint density at radius 1 is 1.38 bits per heavy atom. The van der Waals surface area contributed by atoms with Crippen molar-refractivity contribution >= 4 is 5.91 Å². The Morgan fingerprint density at radius 2 is 2.12 bits per heavy atom. The first-order valence-electron chi connectivity index (χ1n) is 8.74. The number of carbonyl (C=O) groups is 1. The Balaban J connectivity index is 1.39. The van der Waals surface area contributed by atoms with Gasteiger partial charge in [0, 0.05) is 57.7 Å². The summed E-state index contributed by atoms with van der Waals surface area (Å²) in [6.07, 6.45) is 13.0. The normalized spacial score (nSPS) is 19.2. The number of rotatable bonds is 7. The van der Waals surface area contributed by atoms with Gasteiger partial charge >= 0.3 is 0 Å². The maximum atomic E-state index is 12.4. The first kappa shape index (κ1) is 16.7. The van der Waals surface area contributed by atoms with Crippen molar-refractivity contribution in [2.75, 3.05) is 13.1 Å². The summed E-state index contributed by atoms with van der Waals surface area (Å²) in [6, 6.07) is 2.08. The van der Waals surface area contributed by atoms with Crippen molar-refractivity contribution in [3.8, 4) is 12.3 Å². The summed E-state index contributed by atoms with van der Waals surface area (Å²) >= 11 is 0. The molecule has 0 radical (unpaired) electrons. The largest absolute Gasteiger partial charge is 0.343 e. The predicted molar refractivity (Wildman–Crippen MR) is 91.1 cm³/mol. The van der Waals surface area contributed by atoms with E-state index < -0.39 is 0 Å². The highest BCUT2D eigenvalue weighted by Crippen LogP contribution is 2.37. The summed E-state index contributed by atoms with van der Waals surface area (Å²) < 4.78 is 1.94. The van der Waals surface area contributed by atoms with E-state index in [0.717, 1.165) is 38.8 Å². The highest BCUT2D eigenvalue weighted by molar-refractivity contribution is 5.76. The minimum Gasteiger partial charge on any atom is -0.343 e. The number of amides is 1. The molecular formula is C18H25N5O. The fourth-order valence-electron chi connectivity index (χ4n) is 3.42. The van der Waals surface area contributed by atoms with E-state index >= 15 is 0 Å². The number of hydrogen-bond donors (Lipinski definition) is 0. The van der Waals surface area contributed by atoms with Crippen molar-refractivity contribution in [2.45, 2.75) is 50.6 Å². The quantitative estimate of drug-likeness (QED) is 0.723. The lowest BCUT2D eigenvalue weighted by Crippen LogP contribution is -2.39. The average molecular weight is 327 g/mol. The SMILES string of the molecule is C#CCCC1(CCC(=O)N2CCC(Cc3ccnn3C)CC2)N=N1. The van der Waals surface area contributed by atoms with Gasteiger partial charge in [0.2, 0.25) is 5.91 Å². The molecule has 3 rings (SSSR count). The average Bonchev–Trinajstić information content (AvgIpc) is 3.27. The van der Waals surface area contributed by atoms with Crippen molar-refractivity contribution in [3.05, 3.63) is 18.0 Å². The minimum atomic E-state index is -0.347. The molecule has 1 fully saturated rings. The standard InChI is InChI=1S/C18H25N5O/c1-3-4-9-18(20-21-18)10-5-17(24)23-12-7-15(8-13-23)14-16-6-11-19-22(16)2/h1,6,11,15H,4-5,7-10,12-14H2,2H3. The summed E-state index contributed by atoms with van der Waals surface area (Å²) in [5.41, 5.74) is 0.923. The molecular weight excluding hydrogens is 302 g/mol. The van der Waals surface area contributed by atoms with Crippen LogP contribution < -0.4 is 0 Å². The van der Waals surface area contributed by atoms with Gasteiger partial charge in [-0.15, -0.1) is 12.3 Å². The van der Waals surface area contributed by atoms with Crippen LogP contribution in [0, 0.1) is 18.3 Å². The molecule has 0 saturated carbocycles. The highest BCUT2D eigenvalue weighted by atomic mass is 16.2. The van der Waals surface area contributed by atoms with Crippen molar-refractivity contribution in [1.82, 2.24) is 14.7 Å². The molecule has 0 unspecified atom stereocenters. The van der Waals surface area contributed by atoms with Crippen LogP contribution in [-0.2, 0) is 18.3 Å². The monoisotopic (exact) mass is 327 g/mol.